The van der Waals surface area contributed by atoms with Crippen molar-refractivity contribution in [2.24, 2.45) is 0 Å². The van der Waals surface area contributed by atoms with Gasteiger partial charge in [0.2, 0.25) is 0 Å². The number of carbonyl (C=O) groups is 2. The Hall–Kier alpha value is -2.07. The number of halogens is 1. The first-order valence-corrected chi connectivity index (χ1v) is 7.28. The highest BCUT2D eigenvalue weighted by molar-refractivity contribution is 6.31. The number of rotatable bonds is 3. The van der Waals surface area contributed by atoms with Gasteiger partial charge in [-0.3, -0.25) is 4.79 Å². The van der Waals surface area contributed by atoms with Crippen molar-refractivity contribution in [2.45, 2.75) is 26.7 Å². The van der Waals surface area contributed by atoms with Crippen LogP contribution in [0.4, 0.5) is 0 Å². The SMILES string of the molecule is COC(=O)C1=C(C)NC(C)=C(C(C)=O)C1c1ccccc1Cl. The molecule has 0 bridgehead atoms. The van der Waals surface area contributed by atoms with Crippen LogP contribution < -0.4 is 5.32 Å². The molecular weight excluding hydrogens is 302 g/mol. The first-order valence-electron chi connectivity index (χ1n) is 6.90. The molecule has 0 aromatic heterocycles. The van der Waals surface area contributed by atoms with Gasteiger partial charge in [0.1, 0.15) is 0 Å². The predicted octanol–water partition coefficient (Wildman–Crippen LogP) is 3.34. The van der Waals surface area contributed by atoms with E-state index in [0.717, 1.165) is 11.3 Å². The molecule has 5 heteroatoms. The van der Waals surface area contributed by atoms with Gasteiger partial charge in [0, 0.05) is 27.9 Å². The van der Waals surface area contributed by atoms with Crippen molar-refractivity contribution >= 4 is 23.4 Å². The zero-order valence-corrected chi connectivity index (χ0v) is 13.7. The van der Waals surface area contributed by atoms with Gasteiger partial charge in [-0.15, -0.1) is 0 Å². The first kappa shape index (κ1) is 16.3. The molecule has 1 N–H and O–H groups in total. The Kier molecular flexibility index (Phi) is 4.71. The summed E-state index contributed by atoms with van der Waals surface area (Å²) in [6, 6.07) is 7.22. The molecule has 116 valence electrons. The Labute approximate surface area is 134 Å². The van der Waals surface area contributed by atoms with E-state index in [2.05, 4.69) is 5.32 Å². The van der Waals surface area contributed by atoms with Crippen molar-refractivity contribution in [3.05, 3.63) is 57.4 Å². The smallest absolute Gasteiger partial charge is 0.336 e. The number of methoxy groups -OCH3 is 1. The molecule has 0 saturated heterocycles. The standard InChI is InChI=1S/C17H18ClNO3/c1-9-14(11(3)20)16(12-7-5-6-8-13(12)18)15(10(2)19-9)17(21)22-4/h5-8,16,19H,1-4H3. The average Bonchev–Trinajstić information content (AvgIpc) is 2.45. The summed E-state index contributed by atoms with van der Waals surface area (Å²) in [6.45, 7) is 5.09. The minimum atomic E-state index is -0.528. The molecule has 0 aliphatic carbocycles. The lowest BCUT2D eigenvalue weighted by molar-refractivity contribution is -0.136. The van der Waals surface area contributed by atoms with E-state index < -0.39 is 11.9 Å². The van der Waals surface area contributed by atoms with Crippen LogP contribution in [0.1, 0.15) is 32.3 Å². The fraction of sp³-hybridized carbons (Fsp3) is 0.294. The molecule has 0 saturated carbocycles. The first-order chi connectivity index (χ1) is 10.4. The lowest BCUT2D eigenvalue weighted by atomic mass is 9.79. The second kappa shape index (κ2) is 6.36. The van der Waals surface area contributed by atoms with Crippen molar-refractivity contribution in [2.75, 3.05) is 7.11 Å². The second-order valence-corrected chi connectivity index (χ2v) is 5.61. The van der Waals surface area contributed by atoms with Crippen LogP contribution in [0.25, 0.3) is 0 Å². The van der Waals surface area contributed by atoms with Crippen LogP contribution in [0.15, 0.2) is 46.8 Å². The molecule has 1 aliphatic heterocycles. The van der Waals surface area contributed by atoms with Crippen LogP contribution in [-0.2, 0) is 14.3 Å². The number of hydrogen-bond donors (Lipinski definition) is 1. The quantitative estimate of drug-likeness (QED) is 0.868. The molecule has 22 heavy (non-hydrogen) atoms. The molecule has 0 spiro atoms. The van der Waals surface area contributed by atoms with Crippen molar-refractivity contribution in [1.82, 2.24) is 5.32 Å². The maximum absolute atomic E-state index is 12.3. The summed E-state index contributed by atoms with van der Waals surface area (Å²) in [5.41, 5.74) is 3.04. The van der Waals surface area contributed by atoms with Gasteiger partial charge in [0.25, 0.3) is 0 Å². The minimum absolute atomic E-state index is 0.108. The third kappa shape index (κ3) is 2.79. The lowest BCUT2D eigenvalue weighted by Crippen LogP contribution is -2.31. The van der Waals surface area contributed by atoms with E-state index in [-0.39, 0.29) is 5.78 Å². The van der Waals surface area contributed by atoms with Gasteiger partial charge in [-0.2, -0.15) is 0 Å². The topological polar surface area (TPSA) is 55.4 Å². The van der Waals surface area contributed by atoms with E-state index >= 15 is 0 Å². The molecule has 1 aliphatic rings. The molecule has 0 fully saturated rings. The van der Waals surface area contributed by atoms with E-state index in [1.807, 2.05) is 25.1 Å². The number of ether oxygens (including phenoxy) is 1. The Morgan fingerprint density at radius 2 is 1.73 bits per heavy atom. The fourth-order valence-corrected chi connectivity index (χ4v) is 3.11. The monoisotopic (exact) mass is 319 g/mol. The van der Waals surface area contributed by atoms with E-state index in [4.69, 9.17) is 16.3 Å². The second-order valence-electron chi connectivity index (χ2n) is 5.20. The largest absolute Gasteiger partial charge is 0.466 e. The number of nitrogens with one attached hydrogen (secondary N) is 1. The van der Waals surface area contributed by atoms with Crippen LogP contribution in [0.5, 0.6) is 0 Å². The van der Waals surface area contributed by atoms with Gasteiger partial charge < -0.3 is 10.1 Å². The zero-order valence-electron chi connectivity index (χ0n) is 13.0. The Morgan fingerprint density at radius 1 is 1.14 bits per heavy atom. The van der Waals surface area contributed by atoms with Gasteiger partial charge in [0.05, 0.1) is 12.7 Å². The molecule has 1 atom stereocenters. The normalized spacial score (nSPS) is 18.1. The van der Waals surface area contributed by atoms with E-state index in [9.17, 15) is 9.59 Å². The maximum Gasteiger partial charge on any atom is 0.336 e. The van der Waals surface area contributed by atoms with Crippen molar-refractivity contribution < 1.29 is 14.3 Å². The highest BCUT2D eigenvalue weighted by Crippen LogP contribution is 2.41. The van der Waals surface area contributed by atoms with Gasteiger partial charge in [-0.25, -0.2) is 4.79 Å². The summed E-state index contributed by atoms with van der Waals surface area (Å²) in [5, 5.41) is 3.60. The number of allylic oxidation sites excluding steroid dienone is 3. The molecule has 1 heterocycles. The average molecular weight is 320 g/mol. The molecule has 4 nitrogen and oxygen atoms in total. The Balaban J connectivity index is 2.73. The maximum atomic E-state index is 12.3. The van der Waals surface area contributed by atoms with Crippen LogP contribution in [0.2, 0.25) is 5.02 Å². The fourth-order valence-electron chi connectivity index (χ4n) is 2.86. The summed E-state index contributed by atoms with van der Waals surface area (Å²) < 4.78 is 4.90. The summed E-state index contributed by atoms with van der Waals surface area (Å²) in [7, 11) is 1.32. The van der Waals surface area contributed by atoms with E-state index in [1.165, 1.54) is 14.0 Å². The molecular formula is C17H18ClNO3. The van der Waals surface area contributed by atoms with E-state index in [0.29, 0.717) is 21.9 Å². The number of Topliss-reactive ketones (excluding diaryl/α,β-unsaturated/α-hetero) is 1. The number of benzene rings is 1. The van der Waals surface area contributed by atoms with Crippen molar-refractivity contribution in [3.63, 3.8) is 0 Å². The summed E-state index contributed by atoms with van der Waals surface area (Å²) in [5.74, 6) is -1.11. The molecule has 0 radical (unpaired) electrons. The molecule has 1 aromatic rings. The molecule has 2 rings (SSSR count). The van der Waals surface area contributed by atoms with Crippen molar-refractivity contribution in [3.8, 4) is 0 Å². The highest BCUT2D eigenvalue weighted by Gasteiger charge is 2.36. The van der Waals surface area contributed by atoms with Gasteiger partial charge in [-0.1, -0.05) is 29.8 Å². The van der Waals surface area contributed by atoms with Crippen molar-refractivity contribution in [1.29, 1.82) is 0 Å². The Morgan fingerprint density at radius 3 is 2.27 bits per heavy atom. The number of ketones is 1. The summed E-state index contributed by atoms with van der Waals surface area (Å²) >= 11 is 6.31. The molecule has 0 amide bonds. The van der Waals surface area contributed by atoms with Gasteiger partial charge in [0.15, 0.2) is 5.78 Å². The van der Waals surface area contributed by atoms with Gasteiger partial charge in [-0.05, 0) is 32.4 Å². The zero-order chi connectivity index (χ0) is 16.4. The van der Waals surface area contributed by atoms with Crippen LogP contribution >= 0.6 is 11.6 Å². The van der Waals surface area contributed by atoms with Gasteiger partial charge >= 0.3 is 5.97 Å². The summed E-state index contributed by atoms with van der Waals surface area (Å²) in [4.78, 5) is 24.4. The number of esters is 1. The minimum Gasteiger partial charge on any atom is -0.466 e. The lowest BCUT2D eigenvalue weighted by Gasteiger charge is -2.30. The van der Waals surface area contributed by atoms with Crippen LogP contribution in [0.3, 0.4) is 0 Å². The predicted molar refractivity (Wildman–Crippen MR) is 85.4 cm³/mol. The third-order valence-corrected chi connectivity index (χ3v) is 4.11. The third-order valence-electron chi connectivity index (χ3n) is 3.76. The summed E-state index contributed by atoms with van der Waals surface area (Å²) in [6.07, 6.45) is 0. The number of dihydropyridines is 1. The number of carbonyl (C=O) groups excluding carboxylic acids is 2. The van der Waals surface area contributed by atoms with Crippen LogP contribution in [-0.4, -0.2) is 18.9 Å². The molecule has 1 aromatic carbocycles. The van der Waals surface area contributed by atoms with E-state index in [1.54, 1.807) is 13.0 Å². The molecule has 1 unspecified atom stereocenters. The number of hydrogen-bond acceptors (Lipinski definition) is 4. The highest BCUT2D eigenvalue weighted by atomic mass is 35.5. The van der Waals surface area contributed by atoms with Crippen LogP contribution in [0, 0.1) is 0 Å². The Bertz CT molecular complexity index is 704.